The third kappa shape index (κ3) is 3.11. The zero-order valence-corrected chi connectivity index (χ0v) is 14.7. The van der Waals surface area contributed by atoms with Gasteiger partial charge in [-0.1, -0.05) is 0 Å². The highest BCUT2D eigenvalue weighted by Gasteiger charge is 2.28. The zero-order valence-electron chi connectivity index (χ0n) is 13.0. The summed E-state index contributed by atoms with van der Waals surface area (Å²) in [6.45, 7) is -0.125. The number of nitrogens with zero attached hydrogens (tertiary/aromatic N) is 2. The first kappa shape index (κ1) is 16.5. The number of hydrogen-bond acceptors (Lipinski definition) is 9. The number of nitro groups is 1. The number of ether oxygens (including phenoxy) is 3. The number of aromatic nitrogens is 1. The molecule has 132 valence electrons. The Bertz CT molecular complexity index is 983. The molecule has 2 aromatic heterocycles. The maximum atomic E-state index is 12.3. The second-order valence-electron chi connectivity index (χ2n) is 5.21. The van der Waals surface area contributed by atoms with Crippen LogP contribution < -0.4 is 9.47 Å². The minimum atomic E-state index is -0.819. The van der Waals surface area contributed by atoms with E-state index in [1.54, 1.807) is 16.7 Å². The van der Waals surface area contributed by atoms with Gasteiger partial charge in [0.2, 0.25) is 6.79 Å². The summed E-state index contributed by atoms with van der Waals surface area (Å²) >= 11 is 3.01. The molecular formula is C16H10N2O6S2. The average Bonchev–Trinajstić information content (AvgIpc) is 3.38. The van der Waals surface area contributed by atoms with Crippen molar-refractivity contribution >= 4 is 34.3 Å². The lowest BCUT2D eigenvalue weighted by molar-refractivity contribution is -0.385. The van der Waals surface area contributed by atoms with E-state index in [1.165, 1.54) is 17.4 Å². The van der Waals surface area contributed by atoms with Gasteiger partial charge in [0, 0.05) is 22.4 Å². The van der Waals surface area contributed by atoms with Gasteiger partial charge in [0.25, 0.3) is 5.69 Å². The first-order chi connectivity index (χ1) is 12.6. The first-order valence-electron chi connectivity index (χ1n) is 7.34. The van der Waals surface area contributed by atoms with E-state index in [1.807, 2.05) is 16.8 Å². The fourth-order valence-electron chi connectivity index (χ4n) is 2.36. The molecule has 10 heteroatoms. The van der Waals surface area contributed by atoms with Crippen LogP contribution in [0.1, 0.15) is 16.1 Å². The first-order valence-corrected chi connectivity index (χ1v) is 9.16. The van der Waals surface area contributed by atoms with Crippen molar-refractivity contribution in [2.75, 3.05) is 6.79 Å². The highest BCUT2D eigenvalue weighted by molar-refractivity contribution is 7.14. The van der Waals surface area contributed by atoms with Gasteiger partial charge in [0.15, 0.2) is 11.5 Å². The summed E-state index contributed by atoms with van der Waals surface area (Å²) in [6, 6.07) is 4.38. The van der Waals surface area contributed by atoms with Crippen LogP contribution >= 0.6 is 22.7 Å². The summed E-state index contributed by atoms with van der Waals surface area (Å²) in [5.41, 5.74) is 1.00. The molecule has 0 saturated carbocycles. The summed E-state index contributed by atoms with van der Waals surface area (Å²) in [4.78, 5) is 27.3. The lowest BCUT2D eigenvalue weighted by atomic mass is 10.1. The van der Waals surface area contributed by atoms with Crippen molar-refractivity contribution in [1.29, 1.82) is 0 Å². The predicted molar refractivity (Wildman–Crippen MR) is 93.8 cm³/mol. The van der Waals surface area contributed by atoms with E-state index in [4.69, 9.17) is 14.2 Å². The number of rotatable bonds is 5. The quantitative estimate of drug-likeness (QED) is 0.370. The van der Waals surface area contributed by atoms with Gasteiger partial charge < -0.3 is 14.2 Å². The van der Waals surface area contributed by atoms with Gasteiger partial charge in [0.05, 0.1) is 16.7 Å². The number of esters is 1. The summed E-state index contributed by atoms with van der Waals surface area (Å²) in [5, 5.41) is 17.8. The minimum Gasteiger partial charge on any atom is -0.455 e. The van der Waals surface area contributed by atoms with Crippen LogP contribution in [0.4, 0.5) is 5.69 Å². The molecule has 0 unspecified atom stereocenters. The highest BCUT2D eigenvalue weighted by atomic mass is 32.1. The Morgan fingerprint density at radius 2 is 2.12 bits per heavy atom. The van der Waals surface area contributed by atoms with Crippen molar-refractivity contribution in [3.8, 4) is 22.1 Å². The SMILES string of the molecule is O=C(OCc1csc(-c2ccsc2)n1)c1cc2c(cc1[N+](=O)[O-])OCO2. The van der Waals surface area contributed by atoms with Gasteiger partial charge >= 0.3 is 5.97 Å². The molecule has 3 heterocycles. The lowest BCUT2D eigenvalue weighted by Gasteiger charge is -2.05. The molecule has 1 aromatic carbocycles. The van der Waals surface area contributed by atoms with Gasteiger partial charge in [-0.25, -0.2) is 9.78 Å². The predicted octanol–water partition coefficient (Wildman–Crippen LogP) is 3.87. The molecule has 0 bridgehead atoms. The largest absolute Gasteiger partial charge is 0.455 e. The van der Waals surface area contributed by atoms with Crippen LogP contribution in [-0.2, 0) is 11.3 Å². The molecule has 0 saturated heterocycles. The van der Waals surface area contributed by atoms with Crippen LogP contribution in [0.15, 0.2) is 34.3 Å². The van der Waals surface area contributed by atoms with Crippen LogP contribution in [0.2, 0.25) is 0 Å². The van der Waals surface area contributed by atoms with Crippen LogP contribution in [0.3, 0.4) is 0 Å². The number of fused-ring (bicyclic) bond motifs is 1. The normalized spacial score (nSPS) is 12.2. The van der Waals surface area contributed by atoms with Gasteiger partial charge in [-0.05, 0) is 11.4 Å². The Labute approximate surface area is 154 Å². The molecule has 0 amide bonds. The van der Waals surface area contributed by atoms with Crippen LogP contribution in [-0.4, -0.2) is 22.7 Å². The van der Waals surface area contributed by atoms with Crippen LogP contribution in [0, 0.1) is 10.1 Å². The lowest BCUT2D eigenvalue weighted by Crippen LogP contribution is -2.08. The molecule has 0 spiro atoms. The maximum absolute atomic E-state index is 12.3. The Morgan fingerprint density at radius 3 is 2.85 bits per heavy atom. The van der Waals surface area contributed by atoms with E-state index in [0.29, 0.717) is 5.69 Å². The van der Waals surface area contributed by atoms with E-state index in [9.17, 15) is 14.9 Å². The highest BCUT2D eigenvalue weighted by Crippen LogP contribution is 2.38. The molecule has 26 heavy (non-hydrogen) atoms. The standard InChI is InChI=1S/C16H10N2O6S2/c19-16(11-3-13-14(24-8-23-13)4-12(11)18(20)21)22-5-10-7-26-15(17-10)9-1-2-25-6-9/h1-4,6-7H,5,8H2. The van der Waals surface area contributed by atoms with Gasteiger partial charge in [-0.3, -0.25) is 10.1 Å². The van der Waals surface area contributed by atoms with E-state index in [-0.39, 0.29) is 30.5 Å². The van der Waals surface area contributed by atoms with Gasteiger partial charge in [-0.2, -0.15) is 11.3 Å². The molecule has 0 aliphatic carbocycles. The second-order valence-corrected chi connectivity index (χ2v) is 6.85. The minimum absolute atomic E-state index is 0.0465. The Kier molecular flexibility index (Phi) is 4.27. The van der Waals surface area contributed by atoms with Gasteiger partial charge in [0.1, 0.15) is 17.2 Å². The second kappa shape index (κ2) is 6.73. The monoisotopic (exact) mass is 390 g/mol. The van der Waals surface area contributed by atoms with Crippen molar-refractivity contribution in [2.24, 2.45) is 0 Å². The number of thiazole rings is 1. The Morgan fingerprint density at radius 1 is 1.31 bits per heavy atom. The number of thiophene rings is 1. The molecule has 1 aliphatic rings. The molecule has 8 nitrogen and oxygen atoms in total. The van der Waals surface area contributed by atoms with E-state index < -0.39 is 16.6 Å². The maximum Gasteiger partial charge on any atom is 0.345 e. The summed E-state index contributed by atoms with van der Waals surface area (Å²) in [6.07, 6.45) is 0. The molecule has 3 aromatic rings. The number of hydrogen-bond donors (Lipinski definition) is 0. The number of benzene rings is 1. The summed E-state index contributed by atoms with van der Waals surface area (Å²) in [7, 11) is 0. The molecule has 0 atom stereocenters. The number of carbonyl (C=O) groups is 1. The molecular weight excluding hydrogens is 380 g/mol. The van der Waals surface area contributed by atoms with Crippen molar-refractivity contribution < 1.29 is 23.9 Å². The Balaban J connectivity index is 1.51. The fraction of sp³-hybridized carbons (Fsp3) is 0.125. The molecule has 0 N–H and O–H groups in total. The average molecular weight is 390 g/mol. The molecule has 0 radical (unpaired) electrons. The number of nitro benzene ring substituents is 1. The van der Waals surface area contributed by atoms with E-state index >= 15 is 0 Å². The summed E-state index contributed by atoms with van der Waals surface area (Å²) in [5.74, 6) is -0.316. The third-order valence-electron chi connectivity index (χ3n) is 3.58. The Hall–Kier alpha value is -2.98. The van der Waals surface area contributed by atoms with E-state index in [0.717, 1.165) is 16.6 Å². The van der Waals surface area contributed by atoms with Crippen LogP contribution in [0.25, 0.3) is 10.6 Å². The van der Waals surface area contributed by atoms with Crippen molar-refractivity contribution in [2.45, 2.75) is 6.61 Å². The molecule has 4 rings (SSSR count). The van der Waals surface area contributed by atoms with E-state index in [2.05, 4.69) is 4.98 Å². The fourth-order valence-corrected chi connectivity index (χ4v) is 3.87. The number of carbonyl (C=O) groups excluding carboxylic acids is 1. The summed E-state index contributed by atoms with van der Waals surface area (Å²) < 4.78 is 15.5. The van der Waals surface area contributed by atoms with Crippen molar-refractivity contribution in [1.82, 2.24) is 4.98 Å². The molecule has 1 aliphatic heterocycles. The third-order valence-corrected chi connectivity index (χ3v) is 5.20. The van der Waals surface area contributed by atoms with Crippen molar-refractivity contribution in [3.05, 3.63) is 55.7 Å². The van der Waals surface area contributed by atoms with Gasteiger partial charge in [-0.15, -0.1) is 11.3 Å². The topological polar surface area (TPSA) is 101 Å². The molecule has 0 fully saturated rings. The van der Waals surface area contributed by atoms with Crippen molar-refractivity contribution in [3.63, 3.8) is 0 Å². The van der Waals surface area contributed by atoms with Crippen LogP contribution in [0.5, 0.6) is 11.5 Å². The smallest absolute Gasteiger partial charge is 0.345 e. The zero-order chi connectivity index (χ0) is 18.1.